The molecule has 4 aromatic rings. The van der Waals surface area contributed by atoms with Crippen LogP contribution in [0.25, 0.3) is 28.4 Å². The highest BCUT2D eigenvalue weighted by molar-refractivity contribution is 5.89. The lowest BCUT2D eigenvalue weighted by atomic mass is 9.99. The maximum atomic E-state index is 14.0. The van der Waals surface area contributed by atoms with Crippen LogP contribution in [-0.2, 0) is 19.0 Å². The van der Waals surface area contributed by atoms with Gasteiger partial charge >= 0.3 is 5.97 Å². The average Bonchev–Trinajstić information content (AvgIpc) is 3.16. The Kier molecular flexibility index (Phi) is 11.5. The Bertz CT molecular complexity index is 2100. The molecule has 10 atom stereocenters. The van der Waals surface area contributed by atoms with E-state index in [0.29, 0.717) is 5.56 Å². The van der Waals surface area contributed by atoms with Crippen molar-refractivity contribution in [3.05, 3.63) is 76.5 Å². The van der Waals surface area contributed by atoms with Gasteiger partial charge in [-0.05, 0) is 42.0 Å². The summed E-state index contributed by atoms with van der Waals surface area (Å²) in [4.78, 5) is 26.4. The summed E-state index contributed by atoms with van der Waals surface area (Å²) in [6.45, 7) is -1.43. The van der Waals surface area contributed by atoms with E-state index in [-0.39, 0.29) is 17.1 Å². The number of benzene rings is 3. The number of aliphatic hydroxyl groups is 7. The van der Waals surface area contributed by atoms with Crippen molar-refractivity contribution < 1.29 is 89.1 Å². The molecule has 11 N–H and O–H groups in total. The predicted molar refractivity (Wildman–Crippen MR) is 183 cm³/mol. The van der Waals surface area contributed by atoms with Gasteiger partial charge in [0, 0.05) is 23.8 Å². The molecule has 2 fully saturated rings. The maximum absolute atomic E-state index is 14.0. The van der Waals surface area contributed by atoms with Crippen LogP contribution in [0.1, 0.15) is 5.56 Å². The highest BCUT2D eigenvalue weighted by Crippen LogP contribution is 2.40. The van der Waals surface area contributed by atoms with Gasteiger partial charge < -0.3 is 84.3 Å². The van der Waals surface area contributed by atoms with Gasteiger partial charge in [-0.1, -0.05) is 12.1 Å². The third-order valence-corrected chi connectivity index (χ3v) is 8.84. The van der Waals surface area contributed by atoms with E-state index in [1.54, 1.807) is 0 Å². The third kappa shape index (κ3) is 8.15. The van der Waals surface area contributed by atoms with Crippen molar-refractivity contribution >= 4 is 23.0 Å². The van der Waals surface area contributed by atoms with Gasteiger partial charge in [0.25, 0.3) is 0 Å². The zero-order valence-corrected chi connectivity index (χ0v) is 28.2. The van der Waals surface area contributed by atoms with E-state index in [1.807, 2.05) is 0 Å². The van der Waals surface area contributed by atoms with Crippen molar-refractivity contribution in [2.24, 2.45) is 0 Å². The first-order chi connectivity index (χ1) is 26.2. The molecule has 2 aliphatic rings. The van der Waals surface area contributed by atoms with E-state index in [9.17, 15) is 65.8 Å². The molecule has 19 nitrogen and oxygen atoms in total. The van der Waals surface area contributed by atoms with Crippen LogP contribution < -0.4 is 14.9 Å². The SMILES string of the molecule is O=C(/C=C/c1ccc(O)cc1)OC[C@H]1O[C@@H](Oc2c(-c3ccc(O)c(O)c3)oc3cc(O[C@@H]4O[C@H](CO)[C@@H](O)[C@@H](O)[C@H]4O)cc(O)c3c2=O)[C@H](O)[C@H](O)[C@@H]1O. The molecule has 0 bridgehead atoms. The van der Waals surface area contributed by atoms with Crippen LogP contribution in [0.4, 0.5) is 0 Å². The molecule has 3 aromatic carbocycles. The van der Waals surface area contributed by atoms with E-state index < -0.39 is 126 Å². The minimum atomic E-state index is -2.03. The Morgan fingerprint density at radius 2 is 1.35 bits per heavy atom. The number of ether oxygens (including phenoxy) is 5. The number of hydrogen-bond acceptors (Lipinski definition) is 19. The van der Waals surface area contributed by atoms with E-state index in [2.05, 4.69) is 0 Å². The fourth-order valence-corrected chi connectivity index (χ4v) is 5.82. The average molecular weight is 773 g/mol. The predicted octanol–water partition coefficient (Wildman–Crippen LogP) is -1.10. The number of esters is 1. The summed E-state index contributed by atoms with van der Waals surface area (Å²) in [5.41, 5.74) is -1.07. The molecule has 2 aliphatic heterocycles. The van der Waals surface area contributed by atoms with Crippen LogP contribution in [0.15, 0.2) is 69.9 Å². The summed E-state index contributed by atoms with van der Waals surface area (Å²) < 4.78 is 33.4. The van der Waals surface area contributed by atoms with Gasteiger partial charge in [-0.25, -0.2) is 4.79 Å². The number of aliphatic hydroxyl groups excluding tert-OH is 7. The summed E-state index contributed by atoms with van der Waals surface area (Å²) in [6, 6.07) is 11.0. The molecular weight excluding hydrogens is 736 g/mol. The molecule has 3 heterocycles. The van der Waals surface area contributed by atoms with Gasteiger partial charge in [0.05, 0.1) is 6.61 Å². The fourth-order valence-electron chi connectivity index (χ4n) is 5.82. The molecule has 0 radical (unpaired) electrons. The monoisotopic (exact) mass is 772 g/mol. The van der Waals surface area contributed by atoms with Crippen molar-refractivity contribution in [1.29, 1.82) is 0 Å². The van der Waals surface area contributed by atoms with Crippen molar-refractivity contribution in [2.75, 3.05) is 13.2 Å². The lowest BCUT2D eigenvalue weighted by Gasteiger charge is -2.39. The first-order valence-corrected chi connectivity index (χ1v) is 16.5. The Morgan fingerprint density at radius 3 is 2.00 bits per heavy atom. The number of fused-ring (bicyclic) bond motifs is 1. The number of aromatic hydroxyl groups is 4. The zero-order valence-electron chi connectivity index (χ0n) is 28.2. The van der Waals surface area contributed by atoms with Crippen molar-refractivity contribution in [2.45, 2.75) is 61.4 Å². The van der Waals surface area contributed by atoms with Gasteiger partial charge in [0.15, 0.2) is 17.3 Å². The summed E-state index contributed by atoms with van der Waals surface area (Å²) in [6.07, 6.45) is -15.2. The number of carbonyl (C=O) groups is 1. The second-order valence-corrected chi connectivity index (χ2v) is 12.6. The molecular formula is C36H36O19. The molecule has 0 spiro atoms. The van der Waals surface area contributed by atoms with Crippen LogP contribution in [-0.4, -0.2) is 137 Å². The Hall–Kier alpha value is -5.48. The smallest absolute Gasteiger partial charge is 0.330 e. The molecule has 0 unspecified atom stereocenters. The third-order valence-electron chi connectivity index (χ3n) is 8.84. The maximum Gasteiger partial charge on any atom is 0.330 e. The standard InChI is InChI=1S/C36H36O19/c37-12-22-26(43)29(46)31(48)35(53-22)51-17-10-20(41)25-21(11-17)52-33(15-4-7-18(39)19(40)9-15)34(28(25)45)55-36-32(49)30(47)27(44)23(54-36)13-50-24(42)8-3-14-1-5-16(38)6-2-14/h1-11,22-23,26-27,29-32,35-41,43-44,46-49H,12-13H2/b8-3+/t22-,23-,26-,27-,29-,30-,31-,32-,35-,36+/m1/s1. The van der Waals surface area contributed by atoms with Crippen molar-refractivity contribution in [3.63, 3.8) is 0 Å². The van der Waals surface area contributed by atoms with Crippen molar-refractivity contribution in [3.8, 4) is 45.8 Å². The van der Waals surface area contributed by atoms with Crippen LogP contribution in [0.3, 0.4) is 0 Å². The molecule has 1 aromatic heterocycles. The molecule has 2 saturated heterocycles. The fraction of sp³-hybridized carbons (Fsp3) is 0.333. The Morgan fingerprint density at radius 1 is 0.709 bits per heavy atom. The first-order valence-electron chi connectivity index (χ1n) is 16.5. The molecule has 6 rings (SSSR count). The molecule has 0 saturated carbocycles. The normalized spacial score (nSPS) is 28.3. The van der Waals surface area contributed by atoms with E-state index in [4.69, 9.17) is 28.1 Å². The number of hydrogen-bond donors (Lipinski definition) is 11. The van der Waals surface area contributed by atoms with Crippen LogP contribution in [0.5, 0.6) is 34.5 Å². The van der Waals surface area contributed by atoms with Gasteiger partial charge in [0.1, 0.15) is 83.7 Å². The van der Waals surface area contributed by atoms with Gasteiger partial charge in [-0.15, -0.1) is 0 Å². The minimum Gasteiger partial charge on any atom is -0.508 e. The Labute approximate surface area is 308 Å². The lowest BCUT2D eigenvalue weighted by Crippen LogP contribution is -2.60. The van der Waals surface area contributed by atoms with Crippen molar-refractivity contribution in [1.82, 2.24) is 0 Å². The van der Waals surface area contributed by atoms with E-state index in [0.717, 1.165) is 30.3 Å². The second-order valence-electron chi connectivity index (χ2n) is 12.6. The highest BCUT2D eigenvalue weighted by Gasteiger charge is 2.47. The molecule has 55 heavy (non-hydrogen) atoms. The summed E-state index contributed by atoms with van der Waals surface area (Å²) >= 11 is 0. The van der Waals surface area contributed by atoms with Crippen LogP contribution in [0, 0.1) is 0 Å². The van der Waals surface area contributed by atoms with Crippen LogP contribution >= 0.6 is 0 Å². The number of phenols is 4. The first kappa shape index (κ1) is 39.2. The number of phenolic OH excluding ortho intramolecular Hbond substituents is 4. The van der Waals surface area contributed by atoms with Gasteiger partial charge in [0.2, 0.25) is 23.8 Å². The van der Waals surface area contributed by atoms with Gasteiger partial charge in [-0.2, -0.15) is 0 Å². The minimum absolute atomic E-state index is 0.0149. The zero-order chi connectivity index (χ0) is 39.7. The van der Waals surface area contributed by atoms with Crippen LogP contribution in [0.2, 0.25) is 0 Å². The Balaban J connectivity index is 1.31. The molecule has 0 amide bonds. The lowest BCUT2D eigenvalue weighted by molar-refractivity contribution is -0.278. The summed E-state index contributed by atoms with van der Waals surface area (Å²) in [5, 5.41) is 112. The largest absolute Gasteiger partial charge is 0.508 e. The second kappa shape index (κ2) is 16.1. The molecule has 19 heteroatoms. The van der Waals surface area contributed by atoms with Gasteiger partial charge in [-0.3, -0.25) is 4.79 Å². The number of carbonyl (C=O) groups excluding carboxylic acids is 1. The number of rotatable bonds is 10. The van der Waals surface area contributed by atoms with E-state index in [1.165, 1.54) is 36.4 Å². The molecule has 0 aliphatic carbocycles. The summed E-state index contributed by atoms with van der Waals surface area (Å²) in [7, 11) is 0. The topological polar surface area (TPSA) is 316 Å². The van der Waals surface area contributed by atoms with E-state index >= 15 is 0 Å². The highest BCUT2D eigenvalue weighted by atomic mass is 16.7. The summed E-state index contributed by atoms with van der Waals surface area (Å²) in [5.74, 6) is -4.45. The molecule has 294 valence electrons. The quantitative estimate of drug-likeness (QED) is 0.0518.